The fourth-order valence-electron chi connectivity index (χ4n) is 12.3. The molecule has 12 rings (SSSR count). The molecular weight excluding hydrogens is 1020 g/mol. The van der Waals surface area contributed by atoms with Crippen molar-refractivity contribution in [2.45, 2.75) is 126 Å². The Hall–Kier alpha value is -3.73. The number of aliphatic hydroxyl groups is 2. The molecule has 358 valence electrons. The van der Waals surface area contributed by atoms with Crippen molar-refractivity contribution in [3.8, 4) is 22.5 Å². The fourth-order valence-corrected chi connectivity index (χ4v) is 13.8. The average molecular weight is 1070 g/mol. The van der Waals surface area contributed by atoms with E-state index in [1.807, 2.05) is 66.7 Å². The predicted octanol–water partition coefficient (Wildman–Crippen LogP) is 15.6. The van der Waals surface area contributed by atoms with Gasteiger partial charge in [-0.25, -0.2) is 4.85 Å². The van der Waals surface area contributed by atoms with Crippen LogP contribution in [0.1, 0.15) is 123 Å². The van der Waals surface area contributed by atoms with E-state index in [9.17, 15) is 10.2 Å². The van der Waals surface area contributed by atoms with Crippen LogP contribution < -0.4 is 0 Å². The number of hydrogen-bond donors (Lipinski definition) is 2. The van der Waals surface area contributed by atoms with Crippen LogP contribution in [-0.2, 0) is 33.9 Å². The number of hydrogen-bond acceptors (Lipinski definition) is 8. The Labute approximate surface area is 430 Å². The van der Waals surface area contributed by atoms with E-state index in [0.717, 1.165) is 115 Å². The Morgan fingerprint density at radius 3 is 1.36 bits per heavy atom. The van der Waals surface area contributed by atoms with E-state index in [-0.39, 0.29) is 35.9 Å². The second-order valence-electron chi connectivity index (χ2n) is 20.1. The summed E-state index contributed by atoms with van der Waals surface area (Å²) in [5.74, 6) is 3.13. The van der Waals surface area contributed by atoms with E-state index in [1.165, 1.54) is 0 Å². The largest absolute Gasteiger partial charge is 0.385 e. The van der Waals surface area contributed by atoms with Crippen molar-refractivity contribution in [2.24, 2.45) is 23.7 Å². The first-order valence-corrected chi connectivity index (χ1v) is 26.5. The highest BCUT2D eigenvalue weighted by Gasteiger charge is 2.56. The topological polar surface area (TPSA) is 115 Å². The van der Waals surface area contributed by atoms with Gasteiger partial charge in [0.1, 0.15) is 22.9 Å². The second-order valence-corrected chi connectivity index (χ2v) is 22.6. The highest BCUT2D eigenvalue weighted by molar-refractivity contribution is 9.10. The molecule has 0 amide bonds. The minimum absolute atomic E-state index is 0.0355. The van der Waals surface area contributed by atoms with Crippen molar-refractivity contribution in [3.63, 3.8) is 0 Å². The number of fused-ring (bicyclic) bond motifs is 4. The van der Waals surface area contributed by atoms with Crippen molar-refractivity contribution in [1.82, 2.24) is 10.3 Å². The smallest absolute Gasteiger partial charge is 0.187 e. The maximum atomic E-state index is 11.8. The van der Waals surface area contributed by atoms with Crippen LogP contribution in [0.25, 0.3) is 27.4 Å². The summed E-state index contributed by atoms with van der Waals surface area (Å²) in [6, 6.07) is 26.5. The first kappa shape index (κ1) is 47.6. The number of ether oxygens (including phenoxy) is 2. The number of nitrogens with zero attached hydrogens (tertiary/aromatic N) is 3. The van der Waals surface area contributed by atoms with Crippen LogP contribution in [0.2, 0.25) is 20.1 Å². The SMILES string of the molecule is OC1(c2cccc(Br)c2)[C@@H]2CC[C@H]1CC(OCc1c(-c3c(Cl)cccc3Cl)noc1C1CC1)C2.[C-]#[N+]c1cccc(C2(O)[C@@H]3CC[C@H]2CC(OCc2c(-c4c(Cl)cccc4Cl)noc2C2CC2)C3)c1. The zero-order valence-corrected chi connectivity index (χ0v) is 42.5. The van der Waals surface area contributed by atoms with Gasteiger partial charge in [0, 0.05) is 38.6 Å². The molecule has 14 heteroatoms. The zero-order valence-electron chi connectivity index (χ0n) is 37.9. The molecule has 4 aromatic carbocycles. The molecular formula is C55H52BrCl4N3O6. The maximum Gasteiger partial charge on any atom is 0.187 e. The first-order valence-electron chi connectivity index (χ1n) is 24.2. The fraction of sp³-hybridized carbons (Fsp3) is 0.436. The van der Waals surface area contributed by atoms with Gasteiger partial charge < -0.3 is 28.7 Å². The van der Waals surface area contributed by atoms with Gasteiger partial charge in [-0.2, -0.15) is 0 Å². The molecule has 4 bridgehead atoms. The van der Waals surface area contributed by atoms with Gasteiger partial charge in [0.25, 0.3) is 0 Å². The van der Waals surface area contributed by atoms with E-state index < -0.39 is 11.2 Å². The molecule has 0 spiro atoms. The van der Waals surface area contributed by atoms with Crippen molar-refractivity contribution in [3.05, 3.63) is 155 Å². The molecule has 9 nitrogen and oxygen atoms in total. The Morgan fingerprint density at radius 1 is 0.580 bits per heavy atom. The third kappa shape index (κ3) is 9.01. The highest BCUT2D eigenvalue weighted by atomic mass is 79.9. The molecule has 69 heavy (non-hydrogen) atoms. The standard InChI is InChI=1S/C28H26Cl2N2O3.C27H26BrCl2NO3/c1-31-20-5-2-4-17(12-20)28(33)18-10-11-19(28)14-21(13-18)34-15-22-26(32-35-27(22)16-8-9-16)25-23(29)6-3-7-24(25)30;28-19-4-1-3-16(11-19)27(32)17-9-10-18(27)13-20(12-17)33-14-21-25(31-34-26(21)15-7-8-15)24-22(29)5-2-6-23(24)30/h2-7,12,16,18-19,21,33H,8-11,13-15H2;1-6,11,15,17-18,20,32H,7-10,12-14H2/t18-,19+,21?,28?;17-,18+,20?,27?. The minimum atomic E-state index is -0.896. The van der Waals surface area contributed by atoms with Crippen molar-refractivity contribution in [2.75, 3.05) is 0 Å². The van der Waals surface area contributed by atoms with E-state index in [2.05, 4.69) is 43.2 Å². The first-order chi connectivity index (χ1) is 33.4. The van der Waals surface area contributed by atoms with E-state index in [4.69, 9.17) is 71.5 Å². The summed E-state index contributed by atoms with van der Waals surface area (Å²) in [7, 11) is 0. The van der Waals surface area contributed by atoms with E-state index in [0.29, 0.717) is 73.3 Å². The lowest BCUT2D eigenvalue weighted by atomic mass is 9.69. The monoisotopic (exact) mass is 1070 g/mol. The molecule has 0 saturated heterocycles. The molecule has 6 saturated carbocycles. The number of halogens is 5. The summed E-state index contributed by atoms with van der Waals surface area (Å²) in [5.41, 5.74) is 5.38. The lowest BCUT2D eigenvalue weighted by Gasteiger charge is -2.43. The molecule has 6 fully saturated rings. The molecule has 6 aliphatic rings. The van der Waals surface area contributed by atoms with Crippen molar-refractivity contribution in [1.29, 1.82) is 0 Å². The third-order valence-electron chi connectivity index (χ3n) is 16.0. The molecule has 6 aromatic rings. The molecule has 0 radical (unpaired) electrons. The molecule has 0 aliphatic heterocycles. The predicted molar refractivity (Wildman–Crippen MR) is 271 cm³/mol. The van der Waals surface area contributed by atoms with Gasteiger partial charge >= 0.3 is 0 Å². The summed E-state index contributed by atoms with van der Waals surface area (Å²) < 4.78 is 25.6. The molecule has 6 aliphatic carbocycles. The minimum Gasteiger partial charge on any atom is -0.385 e. The van der Waals surface area contributed by atoms with Gasteiger partial charge in [0.05, 0.1) is 63.3 Å². The van der Waals surface area contributed by atoms with Crippen LogP contribution >= 0.6 is 62.3 Å². The zero-order chi connectivity index (χ0) is 47.6. The second kappa shape index (κ2) is 19.4. The summed E-state index contributed by atoms with van der Waals surface area (Å²) in [5, 5.41) is 34.5. The lowest BCUT2D eigenvalue weighted by Crippen LogP contribution is -2.44. The Morgan fingerprint density at radius 2 is 0.971 bits per heavy atom. The van der Waals surface area contributed by atoms with E-state index >= 15 is 0 Å². The van der Waals surface area contributed by atoms with Gasteiger partial charge in [-0.15, -0.1) is 0 Å². The van der Waals surface area contributed by atoms with Crippen LogP contribution in [0, 0.1) is 30.2 Å². The molecule has 2 N–H and O–H groups in total. The number of aromatic nitrogens is 2. The van der Waals surface area contributed by atoms with Crippen LogP contribution in [0.3, 0.4) is 0 Å². The number of benzene rings is 4. The molecule has 2 heterocycles. The third-order valence-corrected chi connectivity index (χ3v) is 17.7. The van der Waals surface area contributed by atoms with Crippen molar-refractivity contribution >= 4 is 68.0 Å². The summed E-state index contributed by atoms with van der Waals surface area (Å²) in [6.45, 7) is 8.13. The number of rotatable bonds is 12. The Balaban J connectivity index is 0.000000151. The maximum absolute atomic E-state index is 11.8. The average Bonchev–Trinajstić information content (AvgIpc) is 4.27. The Kier molecular flexibility index (Phi) is 13.4. The molecule has 4 unspecified atom stereocenters. The van der Waals surface area contributed by atoms with Gasteiger partial charge in [-0.3, -0.25) is 0 Å². The summed E-state index contributed by atoms with van der Waals surface area (Å²) in [4.78, 5) is 3.55. The van der Waals surface area contributed by atoms with Gasteiger partial charge in [0.2, 0.25) is 0 Å². The van der Waals surface area contributed by atoms with Gasteiger partial charge in [-0.1, -0.05) is 121 Å². The highest BCUT2D eigenvalue weighted by Crippen LogP contribution is 2.58. The van der Waals surface area contributed by atoms with Crippen LogP contribution in [-0.4, -0.2) is 32.7 Å². The van der Waals surface area contributed by atoms with Gasteiger partial charge in [0.15, 0.2) is 5.69 Å². The van der Waals surface area contributed by atoms with Crippen LogP contribution in [0.4, 0.5) is 5.69 Å². The van der Waals surface area contributed by atoms with Gasteiger partial charge in [-0.05, 0) is 148 Å². The summed E-state index contributed by atoms with van der Waals surface area (Å²) >= 11 is 29.5. The quantitative estimate of drug-likeness (QED) is 0.116. The lowest BCUT2D eigenvalue weighted by molar-refractivity contribution is -0.116. The van der Waals surface area contributed by atoms with Crippen LogP contribution in [0.5, 0.6) is 0 Å². The van der Waals surface area contributed by atoms with Crippen LogP contribution in [0.15, 0.2) is 98.4 Å². The Bertz CT molecular complexity index is 2860. The molecule has 2 aromatic heterocycles. The summed E-state index contributed by atoms with van der Waals surface area (Å²) in [6.07, 6.45) is 11.7. The normalized spacial score (nSPS) is 28.0. The van der Waals surface area contributed by atoms with E-state index in [1.54, 1.807) is 6.07 Å². The van der Waals surface area contributed by atoms with Crippen molar-refractivity contribution < 1.29 is 28.7 Å². The molecule has 8 atom stereocenters.